The topological polar surface area (TPSA) is 63.1 Å². The van der Waals surface area contributed by atoms with E-state index in [1.54, 1.807) is 6.20 Å². The highest BCUT2D eigenvalue weighted by molar-refractivity contribution is 6.03. The van der Waals surface area contributed by atoms with Crippen LogP contribution in [-0.4, -0.2) is 85.3 Å². The van der Waals surface area contributed by atoms with Crippen LogP contribution in [-0.2, 0) is 4.79 Å². The normalized spacial score (nSPS) is 18.5. The zero-order valence-electron chi connectivity index (χ0n) is 24.0. The molecule has 8 nitrogen and oxygen atoms in total. The van der Waals surface area contributed by atoms with Crippen LogP contribution in [0.3, 0.4) is 0 Å². The summed E-state index contributed by atoms with van der Waals surface area (Å²) in [5.74, 6) is -0.367. The summed E-state index contributed by atoms with van der Waals surface area (Å²) < 4.78 is 16.8. The molecule has 3 aliphatic heterocycles. The van der Waals surface area contributed by atoms with E-state index in [0.29, 0.717) is 23.5 Å². The molecule has 2 aromatic carbocycles. The zero-order chi connectivity index (χ0) is 28.7. The number of anilines is 2. The van der Waals surface area contributed by atoms with Gasteiger partial charge in [-0.2, -0.15) is 5.10 Å². The van der Waals surface area contributed by atoms with E-state index in [2.05, 4.69) is 31.4 Å². The third-order valence-electron chi connectivity index (χ3n) is 9.46. The molecular formula is C32H38FN7O. The number of rotatable bonds is 7. The fourth-order valence-corrected chi connectivity index (χ4v) is 6.94. The fourth-order valence-electron chi connectivity index (χ4n) is 6.94. The number of piperidine rings is 1. The van der Waals surface area contributed by atoms with Crippen molar-refractivity contribution in [2.45, 2.75) is 32.6 Å². The highest BCUT2D eigenvalue weighted by Gasteiger charge is 2.46. The molecule has 0 aliphatic carbocycles. The second kappa shape index (κ2) is 10.8. The average molecular weight is 556 g/mol. The van der Waals surface area contributed by atoms with Crippen molar-refractivity contribution in [3.05, 3.63) is 59.8 Å². The number of likely N-dealkylation sites (tertiary alicyclic amines) is 2. The standard InChI is InChI=1S/C32H38FN7O/c1-5-27(41)40-20-32(21-40)10-14-39(15-11-32)26-18-25(37(4)16-17-38-12-6-7-13-38)30(33)29(31(26)34-3)28-22(2)8-9-24-23(28)19-35-36-24/h5,8-9,18-19H,1,6-7,10-17,20-21H2,2,4H3,(H,35,36). The van der Waals surface area contributed by atoms with Crippen molar-refractivity contribution in [2.75, 3.05) is 69.2 Å². The molecule has 214 valence electrons. The van der Waals surface area contributed by atoms with Crippen molar-refractivity contribution in [2.24, 2.45) is 5.41 Å². The van der Waals surface area contributed by atoms with Crippen LogP contribution in [0, 0.1) is 24.7 Å². The summed E-state index contributed by atoms with van der Waals surface area (Å²) in [4.78, 5) is 24.6. The molecule has 0 unspecified atom stereocenters. The molecule has 9 heteroatoms. The lowest BCUT2D eigenvalue weighted by Crippen LogP contribution is -2.61. The van der Waals surface area contributed by atoms with Gasteiger partial charge in [-0.05, 0) is 75.0 Å². The SMILES string of the molecule is [C-]#[N+]c1c(N2CCC3(CC2)CN(C(=O)C=C)C3)cc(N(C)CCN2CCCC2)c(F)c1-c1c(C)ccc2[nH]ncc12. The van der Waals surface area contributed by atoms with Crippen LogP contribution < -0.4 is 9.80 Å². The molecule has 0 atom stereocenters. The number of amides is 1. The first-order valence-electron chi connectivity index (χ1n) is 14.6. The van der Waals surface area contributed by atoms with Gasteiger partial charge in [-0.25, -0.2) is 9.24 Å². The van der Waals surface area contributed by atoms with Crippen LogP contribution in [0.1, 0.15) is 31.2 Å². The highest BCUT2D eigenvalue weighted by Crippen LogP contribution is 2.49. The summed E-state index contributed by atoms with van der Waals surface area (Å²) in [5.41, 5.74) is 4.58. The number of halogens is 1. The van der Waals surface area contributed by atoms with E-state index in [4.69, 9.17) is 6.57 Å². The van der Waals surface area contributed by atoms with Crippen molar-refractivity contribution in [1.29, 1.82) is 0 Å². The van der Waals surface area contributed by atoms with E-state index in [9.17, 15) is 4.79 Å². The van der Waals surface area contributed by atoms with Gasteiger partial charge in [-0.3, -0.25) is 9.89 Å². The molecule has 4 heterocycles. The summed E-state index contributed by atoms with van der Waals surface area (Å²) in [7, 11) is 1.95. The number of aromatic nitrogens is 2. The van der Waals surface area contributed by atoms with Crippen LogP contribution >= 0.6 is 0 Å². The molecule has 3 aliphatic rings. The second-order valence-electron chi connectivity index (χ2n) is 12.0. The average Bonchev–Trinajstić information content (AvgIpc) is 3.67. The molecule has 0 saturated carbocycles. The Balaban J connectivity index is 1.39. The van der Waals surface area contributed by atoms with Gasteiger partial charge in [0, 0.05) is 68.4 Å². The summed E-state index contributed by atoms with van der Waals surface area (Å²) in [5, 5.41) is 8.05. The van der Waals surface area contributed by atoms with Gasteiger partial charge >= 0.3 is 0 Å². The smallest absolute Gasteiger partial charge is 0.245 e. The Kier molecular flexibility index (Phi) is 7.20. The van der Waals surface area contributed by atoms with Gasteiger partial charge in [0.05, 0.1) is 24.0 Å². The molecule has 6 rings (SSSR count). The summed E-state index contributed by atoms with van der Waals surface area (Å²) in [6.07, 6.45) is 7.40. The number of likely N-dealkylation sites (N-methyl/N-ethyl adjacent to an activating group) is 1. The van der Waals surface area contributed by atoms with Crippen LogP contribution in [0.25, 0.3) is 26.9 Å². The van der Waals surface area contributed by atoms with Crippen molar-refractivity contribution in [3.63, 3.8) is 0 Å². The first kappa shape index (κ1) is 27.3. The third-order valence-corrected chi connectivity index (χ3v) is 9.46. The first-order chi connectivity index (χ1) is 19.8. The number of carbonyl (C=O) groups excluding carboxylic acids is 1. The molecule has 0 bridgehead atoms. The van der Waals surface area contributed by atoms with E-state index in [1.165, 1.54) is 18.9 Å². The number of hydrogen-bond acceptors (Lipinski definition) is 5. The van der Waals surface area contributed by atoms with Gasteiger partial charge in [-0.15, -0.1) is 0 Å². The maximum atomic E-state index is 16.8. The van der Waals surface area contributed by atoms with Gasteiger partial charge in [0.25, 0.3) is 0 Å². The van der Waals surface area contributed by atoms with E-state index in [1.807, 2.05) is 42.0 Å². The largest absolute Gasteiger partial charge is 0.380 e. The number of nitrogens with one attached hydrogen (secondary N) is 1. The Labute approximate surface area is 241 Å². The summed E-state index contributed by atoms with van der Waals surface area (Å²) in [6, 6.07) is 5.81. The monoisotopic (exact) mass is 555 g/mol. The molecule has 41 heavy (non-hydrogen) atoms. The molecule has 1 N–H and O–H groups in total. The maximum Gasteiger partial charge on any atom is 0.245 e. The van der Waals surface area contributed by atoms with Crippen LogP contribution in [0.5, 0.6) is 0 Å². The van der Waals surface area contributed by atoms with Crippen LogP contribution in [0.15, 0.2) is 37.1 Å². The van der Waals surface area contributed by atoms with Gasteiger partial charge in [-0.1, -0.05) is 12.6 Å². The Bertz CT molecular complexity index is 1520. The quantitative estimate of drug-likeness (QED) is 0.314. The van der Waals surface area contributed by atoms with Crippen molar-refractivity contribution < 1.29 is 9.18 Å². The Morgan fingerprint density at radius 2 is 1.95 bits per heavy atom. The lowest BCUT2D eigenvalue weighted by atomic mass is 9.72. The van der Waals surface area contributed by atoms with Gasteiger partial charge in [0.2, 0.25) is 11.6 Å². The first-order valence-corrected chi connectivity index (χ1v) is 14.6. The number of fused-ring (bicyclic) bond motifs is 1. The number of aromatic amines is 1. The van der Waals surface area contributed by atoms with E-state index in [0.717, 1.165) is 86.4 Å². The van der Waals surface area contributed by atoms with E-state index >= 15 is 4.39 Å². The summed E-state index contributed by atoms with van der Waals surface area (Å²) in [6.45, 7) is 20.6. The number of nitrogens with zero attached hydrogens (tertiary/aromatic N) is 6. The van der Waals surface area contributed by atoms with Gasteiger partial charge < -0.3 is 19.6 Å². The summed E-state index contributed by atoms with van der Waals surface area (Å²) >= 11 is 0. The Hall–Kier alpha value is -3.90. The van der Waals surface area contributed by atoms with Gasteiger partial charge in [0.1, 0.15) is 5.82 Å². The van der Waals surface area contributed by atoms with Crippen LogP contribution in [0.4, 0.5) is 21.5 Å². The number of benzene rings is 2. The van der Waals surface area contributed by atoms with Crippen molar-refractivity contribution >= 4 is 33.9 Å². The predicted molar refractivity (Wildman–Crippen MR) is 162 cm³/mol. The lowest BCUT2D eigenvalue weighted by Gasteiger charge is -2.54. The molecule has 3 saturated heterocycles. The number of hydrogen-bond donors (Lipinski definition) is 1. The molecule has 1 aromatic heterocycles. The molecule has 3 aromatic rings. The van der Waals surface area contributed by atoms with Crippen molar-refractivity contribution in [1.82, 2.24) is 20.0 Å². The minimum atomic E-state index is -0.355. The minimum absolute atomic E-state index is 0.0121. The van der Waals surface area contributed by atoms with Gasteiger partial charge in [0.15, 0.2) is 0 Å². The number of carbonyl (C=O) groups is 1. The predicted octanol–water partition coefficient (Wildman–Crippen LogP) is 5.38. The second-order valence-corrected chi connectivity index (χ2v) is 12.0. The van der Waals surface area contributed by atoms with Crippen molar-refractivity contribution in [3.8, 4) is 11.1 Å². The lowest BCUT2D eigenvalue weighted by molar-refractivity contribution is -0.139. The van der Waals surface area contributed by atoms with E-state index < -0.39 is 0 Å². The fraction of sp³-hybridized carbons (Fsp3) is 0.469. The Morgan fingerprint density at radius 1 is 1.22 bits per heavy atom. The third kappa shape index (κ3) is 4.84. The molecule has 3 fully saturated rings. The molecule has 0 radical (unpaired) electrons. The highest BCUT2D eigenvalue weighted by atomic mass is 19.1. The number of H-pyrrole nitrogens is 1. The molecule has 1 spiro atoms. The Morgan fingerprint density at radius 3 is 2.63 bits per heavy atom. The molecule has 1 amide bonds. The van der Waals surface area contributed by atoms with E-state index in [-0.39, 0.29) is 17.1 Å². The maximum absolute atomic E-state index is 16.8. The zero-order valence-corrected chi connectivity index (χ0v) is 24.0. The van der Waals surface area contributed by atoms with Crippen LogP contribution in [0.2, 0.25) is 0 Å². The molecular weight excluding hydrogens is 517 g/mol. The minimum Gasteiger partial charge on any atom is -0.380 e. The number of aryl methyl sites for hydroxylation is 1.